The van der Waals surface area contributed by atoms with Crippen LogP contribution in [-0.2, 0) is 22.7 Å². The van der Waals surface area contributed by atoms with E-state index >= 15 is 0 Å². The van der Waals surface area contributed by atoms with Crippen molar-refractivity contribution in [3.63, 3.8) is 0 Å². The second-order valence-electron chi connectivity index (χ2n) is 5.55. The molecule has 2 aromatic rings. The molecule has 2 heterocycles. The number of nitrogens with one attached hydrogen (secondary N) is 2. The number of pyridine rings is 1. The van der Waals surface area contributed by atoms with Gasteiger partial charge in [0.1, 0.15) is 12.3 Å². The number of amides is 2. The average molecular weight is 338 g/mol. The molecule has 0 aliphatic carbocycles. The molecule has 0 saturated heterocycles. The second kappa shape index (κ2) is 8.05. The monoisotopic (exact) mass is 338 g/mol. The van der Waals surface area contributed by atoms with E-state index in [4.69, 9.17) is 4.74 Å². The molecule has 2 amide bonds. The quantitative estimate of drug-likeness (QED) is 0.836. The standard InChI is InChI=1S/C18H18N4O3/c23-16-7-6-15(21-22-16)18(24)20-11-14-8-9-19-17(10-14)25-12-13-4-2-1-3-5-13/h1-5,8-10H,6-7,11-12H2,(H,20,24)(H,22,23). The van der Waals surface area contributed by atoms with Crippen LogP contribution in [-0.4, -0.2) is 22.5 Å². The van der Waals surface area contributed by atoms with Crippen molar-refractivity contribution in [1.82, 2.24) is 15.7 Å². The summed E-state index contributed by atoms with van der Waals surface area (Å²) in [5, 5.41) is 6.55. The Balaban J connectivity index is 1.53. The van der Waals surface area contributed by atoms with Gasteiger partial charge in [-0.15, -0.1) is 0 Å². The van der Waals surface area contributed by atoms with Crippen molar-refractivity contribution in [3.8, 4) is 5.88 Å². The molecular weight excluding hydrogens is 320 g/mol. The number of benzene rings is 1. The van der Waals surface area contributed by atoms with Gasteiger partial charge < -0.3 is 10.1 Å². The van der Waals surface area contributed by atoms with E-state index in [-0.39, 0.29) is 18.2 Å². The molecular formula is C18H18N4O3. The molecule has 0 unspecified atom stereocenters. The number of hydrogen-bond donors (Lipinski definition) is 2. The second-order valence-corrected chi connectivity index (χ2v) is 5.55. The molecule has 3 rings (SSSR count). The SMILES string of the molecule is O=C1CCC(C(=O)NCc2ccnc(OCc3ccccc3)c2)=NN1. The third-order valence-corrected chi connectivity index (χ3v) is 3.65. The highest BCUT2D eigenvalue weighted by atomic mass is 16.5. The summed E-state index contributed by atoms with van der Waals surface area (Å²) in [5.74, 6) is 0.0346. The van der Waals surface area contributed by atoms with Gasteiger partial charge in [-0.1, -0.05) is 30.3 Å². The number of rotatable bonds is 6. The Morgan fingerprint density at radius 1 is 1.16 bits per heavy atom. The first-order chi connectivity index (χ1) is 12.2. The van der Waals surface area contributed by atoms with Crippen molar-refractivity contribution >= 4 is 17.5 Å². The lowest BCUT2D eigenvalue weighted by atomic mass is 10.1. The van der Waals surface area contributed by atoms with E-state index in [1.807, 2.05) is 30.3 Å². The predicted molar refractivity (Wildman–Crippen MR) is 91.7 cm³/mol. The molecule has 1 aromatic heterocycles. The maximum Gasteiger partial charge on any atom is 0.267 e. The van der Waals surface area contributed by atoms with Gasteiger partial charge in [0.2, 0.25) is 11.8 Å². The van der Waals surface area contributed by atoms with Crippen molar-refractivity contribution in [2.45, 2.75) is 26.0 Å². The van der Waals surface area contributed by atoms with Crippen LogP contribution in [0.1, 0.15) is 24.0 Å². The molecule has 25 heavy (non-hydrogen) atoms. The summed E-state index contributed by atoms with van der Waals surface area (Å²) in [5.41, 5.74) is 4.56. The van der Waals surface area contributed by atoms with Gasteiger partial charge in [0.25, 0.3) is 5.91 Å². The zero-order valence-electron chi connectivity index (χ0n) is 13.6. The van der Waals surface area contributed by atoms with Gasteiger partial charge in [0, 0.05) is 31.6 Å². The van der Waals surface area contributed by atoms with E-state index in [2.05, 4.69) is 20.8 Å². The van der Waals surface area contributed by atoms with Crippen LogP contribution in [0.5, 0.6) is 5.88 Å². The molecule has 1 aromatic carbocycles. The number of hydrazone groups is 1. The minimum absolute atomic E-state index is 0.175. The van der Waals surface area contributed by atoms with Gasteiger partial charge in [-0.25, -0.2) is 10.4 Å². The molecule has 7 nitrogen and oxygen atoms in total. The lowest BCUT2D eigenvalue weighted by molar-refractivity contribution is -0.121. The largest absolute Gasteiger partial charge is 0.473 e. The molecule has 128 valence electrons. The molecule has 0 saturated carbocycles. The molecule has 7 heteroatoms. The van der Waals surface area contributed by atoms with Crippen LogP contribution < -0.4 is 15.5 Å². The molecule has 0 fully saturated rings. The first-order valence-electron chi connectivity index (χ1n) is 7.96. The Morgan fingerprint density at radius 3 is 2.76 bits per heavy atom. The van der Waals surface area contributed by atoms with E-state index in [9.17, 15) is 9.59 Å². The zero-order valence-corrected chi connectivity index (χ0v) is 13.6. The molecule has 0 bridgehead atoms. The average Bonchev–Trinajstić information content (AvgIpc) is 2.66. The molecule has 1 aliphatic heterocycles. The Morgan fingerprint density at radius 2 is 2.00 bits per heavy atom. The lowest BCUT2D eigenvalue weighted by Crippen LogP contribution is -2.36. The first-order valence-corrected chi connectivity index (χ1v) is 7.96. The number of ether oxygens (including phenoxy) is 1. The minimum Gasteiger partial charge on any atom is -0.473 e. The number of aromatic nitrogens is 1. The van der Waals surface area contributed by atoms with Crippen LogP contribution in [0, 0.1) is 0 Å². The smallest absolute Gasteiger partial charge is 0.267 e. The van der Waals surface area contributed by atoms with Gasteiger partial charge in [0.05, 0.1) is 0 Å². The summed E-state index contributed by atoms with van der Waals surface area (Å²) < 4.78 is 5.67. The van der Waals surface area contributed by atoms with Crippen LogP contribution in [0.2, 0.25) is 0 Å². The first kappa shape index (κ1) is 16.6. The van der Waals surface area contributed by atoms with Crippen LogP contribution >= 0.6 is 0 Å². The van der Waals surface area contributed by atoms with E-state index in [0.717, 1.165) is 11.1 Å². The summed E-state index contributed by atoms with van der Waals surface area (Å²) >= 11 is 0. The molecule has 0 radical (unpaired) electrons. The Kier molecular flexibility index (Phi) is 5.36. The topological polar surface area (TPSA) is 92.7 Å². The molecule has 0 spiro atoms. The highest BCUT2D eigenvalue weighted by Gasteiger charge is 2.17. The maximum atomic E-state index is 12.0. The maximum absolute atomic E-state index is 12.0. The van der Waals surface area contributed by atoms with Crippen molar-refractivity contribution in [2.24, 2.45) is 5.10 Å². The number of hydrogen-bond acceptors (Lipinski definition) is 5. The van der Waals surface area contributed by atoms with Crippen LogP contribution in [0.25, 0.3) is 0 Å². The van der Waals surface area contributed by atoms with Gasteiger partial charge in [-0.3, -0.25) is 9.59 Å². The summed E-state index contributed by atoms with van der Waals surface area (Å²) in [7, 11) is 0. The minimum atomic E-state index is -0.288. The lowest BCUT2D eigenvalue weighted by Gasteiger charge is -2.12. The Bertz CT molecular complexity index is 790. The fraction of sp³-hybridized carbons (Fsp3) is 0.222. The van der Waals surface area contributed by atoms with E-state index in [1.54, 1.807) is 18.3 Å². The van der Waals surface area contributed by atoms with Crippen LogP contribution in [0.4, 0.5) is 0 Å². The van der Waals surface area contributed by atoms with E-state index in [0.29, 0.717) is 31.2 Å². The summed E-state index contributed by atoms with van der Waals surface area (Å²) in [6.07, 6.45) is 2.26. The van der Waals surface area contributed by atoms with Gasteiger partial charge in [0.15, 0.2) is 0 Å². The Labute approximate surface area is 145 Å². The van der Waals surface area contributed by atoms with Crippen molar-refractivity contribution < 1.29 is 14.3 Å². The fourth-order valence-electron chi connectivity index (χ4n) is 2.29. The summed E-state index contributed by atoms with van der Waals surface area (Å²) in [4.78, 5) is 27.2. The van der Waals surface area contributed by atoms with Gasteiger partial charge in [-0.05, 0) is 17.2 Å². The van der Waals surface area contributed by atoms with Gasteiger partial charge in [-0.2, -0.15) is 5.10 Å². The highest BCUT2D eigenvalue weighted by molar-refractivity contribution is 6.39. The normalized spacial score (nSPS) is 13.6. The van der Waals surface area contributed by atoms with E-state index < -0.39 is 0 Å². The zero-order chi connectivity index (χ0) is 17.5. The van der Waals surface area contributed by atoms with Gasteiger partial charge >= 0.3 is 0 Å². The highest BCUT2D eigenvalue weighted by Crippen LogP contribution is 2.12. The summed E-state index contributed by atoms with van der Waals surface area (Å²) in [6.45, 7) is 0.760. The summed E-state index contributed by atoms with van der Waals surface area (Å²) in [6, 6.07) is 13.4. The van der Waals surface area contributed by atoms with E-state index in [1.165, 1.54) is 0 Å². The third-order valence-electron chi connectivity index (χ3n) is 3.65. The van der Waals surface area contributed by atoms with Crippen LogP contribution in [0.15, 0.2) is 53.8 Å². The van der Waals surface area contributed by atoms with Crippen molar-refractivity contribution in [3.05, 3.63) is 59.8 Å². The predicted octanol–water partition coefficient (Wildman–Crippen LogP) is 1.54. The van der Waals surface area contributed by atoms with Crippen LogP contribution in [0.3, 0.4) is 0 Å². The fourth-order valence-corrected chi connectivity index (χ4v) is 2.29. The van der Waals surface area contributed by atoms with Crippen molar-refractivity contribution in [2.75, 3.05) is 0 Å². The van der Waals surface area contributed by atoms with Crippen molar-refractivity contribution in [1.29, 1.82) is 0 Å². The number of carbonyl (C=O) groups is 2. The third kappa shape index (κ3) is 4.87. The molecule has 0 atom stereocenters. The molecule has 2 N–H and O–H groups in total. The Hall–Kier alpha value is -3.22. The number of carbonyl (C=O) groups excluding carboxylic acids is 2. The molecule has 1 aliphatic rings. The number of nitrogens with zero attached hydrogens (tertiary/aromatic N) is 2.